The van der Waals surface area contributed by atoms with Gasteiger partial charge in [0.2, 0.25) is 0 Å². The fourth-order valence-corrected chi connectivity index (χ4v) is 2.02. The van der Waals surface area contributed by atoms with E-state index < -0.39 is 0 Å². The van der Waals surface area contributed by atoms with Crippen molar-refractivity contribution >= 4 is 0 Å². The van der Waals surface area contributed by atoms with Crippen LogP contribution >= 0.6 is 0 Å². The maximum atomic E-state index is 5.63. The van der Waals surface area contributed by atoms with Crippen LogP contribution in [0, 0.1) is 0 Å². The van der Waals surface area contributed by atoms with Gasteiger partial charge in [0, 0.05) is 51.8 Å². The first-order chi connectivity index (χ1) is 7.85. The smallest absolute Gasteiger partial charge is 0.0947 e. The summed E-state index contributed by atoms with van der Waals surface area (Å²) in [7, 11) is 1.78. The van der Waals surface area contributed by atoms with Crippen molar-refractivity contribution in [2.45, 2.75) is 25.0 Å². The van der Waals surface area contributed by atoms with Gasteiger partial charge in [-0.3, -0.25) is 0 Å². The molecule has 16 heavy (non-hydrogen) atoms. The van der Waals surface area contributed by atoms with Gasteiger partial charge in [0.25, 0.3) is 0 Å². The van der Waals surface area contributed by atoms with Gasteiger partial charge in [0.15, 0.2) is 0 Å². The van der Waals surface area contributed by atoms with E-state index in [1.54, 1.807) is 19.6 Å². The van der Waals surface area contributed by atoms with Crippen LogP contribution in [-0.4, -0.2) is 32.5 Å². The Bertz CT molecular complexity index is 291. The van der Waals surface area contributed by atoms with E-state index in [0.717, 1.165) is 39.1 Å². The van der Waals surface area contributed by atoms with Crippen LogP contribution in [-0.2, 0) is 16.0 Å². The molecule has 90 valence electrons. The second-order valence-electron chi connectivity index (χ2n) is 4.23. The summed E-state index contributed by atoms with van der Waals surface area (Å²) < 4.78 is 16.0. The molecule has 1 N–H and O–H groups in total. The van der Waals surface area contributed by atoms with Gasteiger partial charge in [-0.25, -0.2) is 0 Å². The maximum Gasteiger partial charge on any atom is 0.0947 e. The highest BCUT2D eigenvalue weighted by Gasteiger charge is 2.31. The Morgan fingerprint density at radius 1 is 1.44 bits per heavy atom. The highest BCUT2D eigenvalue weighted by atomic mass is 16.5. The Morgan fingerprint density at radius 3 is 2.88 bits per heavy atom. The first-order valence-electron chi connectivity index (χ1n) is 5.69. The maximum absolute atomic E-state index is 5.63. The summed E-state index contributed by atoms with van der Waals surface area (Å²) >= 11 is 0. The fourth-order valence-electron chi connectivity index (χ4n) is 2.02. The Hall–Kier alpha value is -0.840. The van der Waals surface area contributed by atoms with Crippen molar-refractivity contribution in [3.63, 3.8) is 0 Å². The van der Waals surface area contributed by atoms with Crippen LogP contribution in [0.1, 0.15) is 18.4 Å². The zero-order valence-corrected chi connectivity index (χ0v) is 9.70. The summed E-state index contributed by atoms with van der Waals surface area (Å²) in [5.41, 5.74) is 1.11. The van der Waals surface area contributed by atoms with Crippen molar-refractivity contribution in [2.24, 2.45) is 0 Å². The number of ether oxygens (including phenoxy) is 2. The van der Waals surface area contributed by atoms with Gasteiger partial charge in [0.1, 0.15) is 0 Å². The molecule has 0 amide bonds. The number of rotatable bonds is 5. The monoisotopic (exact) mass is 225 g/mol. The molecule has 0 aliphatic carbocycles. The molecule has 1 aliphatic rings. The van der Waals surface area contributed by atoms with Gasteiger partial charge in [-0.1, -0.05) is 0 Å². The Kier molecular flexibility index (Phi) is 3.98. The average Bonchev–Trinajstić information content (AvgIpc) is 2.83. The van der Waals surface area contributed by atoms with Crippen molar-refractivity contribution in [2.75, 3.05) is 26.9 Å². The first-order valence-corrected chi connectivity index (χ1v) is 5.69. The fraction of sp³-hybridized carbons (Fsp3) is 0.667. The molecule has 4 heteroatoms. The van der Waals surface area contributed by atoms with Crippen LogP contribution in [0.3, 0.4) is 0 Å². The lowest BCUT2D eigenvalue weighted by Gasteiger charge is -2.36. The molecule has 0 aromatic carbocycles. The second kappa shape index (κ2) is 5.48. The van der Waals surface area contributed by atoms with Crippen LogP contribution in [0.5, 0.6) is 0 Å². The average molecular weight is 225 g/mol. The summed E-state index contributed by atoms with van der Waals surface area (Å²) in [5.74, 6) is 0. The molecule has 2 heterocycles. The van der Waals surface area contributed by atoms with Gasteiger partial charge < -0.3 is 19.2 Å². The third-order valence-electron chi connectivity index (χ3n) is 3.19. The Labute approximate surface area is 95.9 Å². The molecule has 1 aliphatic heterocycles. The molecule has 0 saturated carbocycles. The number of methoxy groups -OCH3 is 1. The predicted molar refractivity (Wildman–Crippen MR) is 60.2 cm³/mol. The zero-order valence-electron chi connectivity index (χ0n) is 9.70. The molecule has 0 bridgehead atoms. The summed E-state index contributed by atoms with van der Waals surface area (Å²) in [6, 6.07) is 1.97. The summed E-state index contributed by atoms with van der Waals surface area (Å²) in [5, 5.41) is 3.41. The van der Waals surface area contributed by atoms with Gasteiger partial charge in [0.05, 0.1) is 18.1 Å². The molecule has 1 fully saturated rings. The summed E-state index contributed by atoms with van der Waals surface area (Å²) in [6.45, 7) is 3.27. The minimum absolute atomic E-state index is 0.0536. The molecule has 2 rings (SSSR count). The van der Waals surface area contributed by atoms with Crippen LogP contribution in [0.2, 0.25) is 0 Å². The van der Waals surface area contributed by atoms with Crippen LogP contribution < -0.4 is 5.32 Å². The molecule has 1 saturated heterocycles. The van der Waals surface area contributed by atoms with Gasteiger partial charge in [-0.2, -0.15) is 0 Å². The molecular formula is C12H19NO3. The van der Waals surface area contributed by atoms with E-state index in [2.05, 4.69) is 5.32 Å². The highest BCUT2D eigenvalue weighted by Crippen LogP contribution is 2.23. The van der Waals surface area contributed by atoms with E-state index in [4.69, 9.17) is 13.9 Å². The standard InChI is InChI=1S/C12H19NO3/c1-14-12(3-6-15-7-4-12)10-13-8-11-2-5-16-9-11/h2,5,9,13H,3-4,6-8,10H2,1H3. The molecule has 0 unspecified atom stereocenters. The lowest BCUT2D eigenvalue weighted by atomic mass is 9.94. The van der Waals surface area contributed by atoms with Crippen LogP contribution in [0.15, 0.2) is 23.0 Å². The molecule has 4 nitrogen and oxygen atoms in total. The molecule has 1 aromatic rings. The predicted octanol–water partition coefficient (Wildman–Crippen LogP) is 1.56. The van der Waals surface area contributed by atoms with Gasteiger partial charge in [-0.05, 0) is 6.07 Å². The number of nitrogens with one attached hydrogen (secondary N) is 1. The third kappa shape index (κ3) is 2.84. The zero-order chi connectivity index (χ0) is 11.3. The van der Waals surface area contributed by atoms with Crippen molar-refractivity contribution in [1.82, 2.24) is 5.32 Å². The first kappa shape index (κ1) is 11.6. The van der Waals surface area contributed by atoms with E-state index in [1.807, 2.05) is 6.07 Å². The lowest BCUT2D eigenvalue weighted by molar-refractivity contribution is -0.0877. The summed E-state index contributed by atoms with van der Waals surface area (Å²) in [6.07, 6.45) is 5.37. The molecule has 0 spiro atoms. The van der Waals surface area contributed by atoms with Gasteiger partial charge >= 0.3 is 0 Å². The number of furan rings is 1. The van der Waals surface area contributed by atoms with Crippen LogP contribution in [0.4, 0.5) is 0 Å². The Balaban J connectivity index is 1.78. The van der Waals surface area contributed by atoms with E-state index in [-0.39, 0.29) is 5.60 Å². The van der Waals surface area contributed by atoms with E-state index in [0.29, 0.717) is 0 Å². The molecule has 0 atom stereocenters. The second-order valence-corrected chi connectivity index (χ2v) is 4.23. The highest BCUT2D eigenvalue weighted by molar-refractivity contribution is 5.04. The van der Waals surface area contributed by atoms with Crippen molar-refractivity contribution < 1.29 is 13.9 Å². The Morgan fingerprint density at radius 2 is 2.25 bits per heavy atom. The number of hydrogen-bond acceptors (Lipinski definition) is 4. The quantitative estimate of drug-likeness (QED) is 0.826. The van der Waals surface area contributed by atoms with Crippen molar-refractivity contribution in [3.8, 4) is 0 Å². The molecular weight excluding hydrogens is 206 g/mol. The lowest BCUT2D eigenvalue weighted by Crippen LogP contribution is -2.46. The third-order valence-corrected chi connectivity index (χ3v) is 3.19. The van der Waals surface area contributed by atoms with E-state index >= 15 is 0 Å². The largest absolute Gasteiger partial charge is 0.472 e. The number of hydrogen-bond donors (Lipinski definition) is 1. The topological polar surface area (TPSA) is 43.6 Å². The van der Waals surface area contributed by atoms with Gasteiger partial charge in [-0.15, -0.1) is 0 Å². The SMILES string of the molecule is COC1(CNCc2ccoc2)CCOCC1. The van der Waals surface area contributed by atoms with Crippen LogP contribution in [0.25, 0.3) is 0 Å². The minimum atomic E-state index is -0.0536. The molecule has 1 aromatic heterocycles. The van der Waals surface area contributed by atoms with E-state index in [1.165, 1.54) is 5.56 Å². The molecule has 0 radical (unpaired) electrons. The van der Waals surface area contributed by atoms with E-state index in [9.17, 15) is 0 Å². The minimum Gasteiger partial charge on any atom is -0.472 e. The summed E-state index contributed by atoms with van der Waals surface area (Å²) in [4.78, 5) is 0. The normalized spacial score (nSPS) is 19.8. The van der Waals surface area contributed by atoms with Crippen molar-refractivity contribution in [1.29, 1.82) is 0 Å². The van der Waals surface area contributed by atoms with Crippen molar-refractivity contribution in [3.05, 3.63) is 24.2 Å².